The van der Waals surface area contributed by atoms with Gasteiger partial charge in [-0.15, -0.1) is 0 Å². The molecule has 0 N–H and O–H groups in total. The molecule has 2 amide bonds. The Morgan fingerprint density at radius 1 is 0.848 bits per heavy atom. The molecule has 0 radical (unpaired) electrons. The van der Waals surface area contributed by atoms with Crippen molar-refractivity contribution in [2.75, 3.05) is 11.4 Å². The van der Waals surface area contributed by atoms with E-state index in [1.54, 1.807) is 24.3 Å². The summed E-state index contributed by atoms with van der Waals surface area (Å²) in [7, 11) is 0. The number of imide groups is 1. The molecule has 0 saturated heterocycles. The molecule has 0 spiro atoms. The predicted molar refractivity (Wildman–Crippen MR) is 127 cm³/mol. The van der Waals surface area contributed by atoms with Crippen LogP contribution in [0.15, 0.2) is 72.4 Å². The Hall–Kier alpha value is -4.17. The van der Waals surface area contributed by atoms with Gasteiger partial charge in [0.1, 0.15) is 5.70 Å². The third kappa shape index (κ3) is 3.50. The molecule has 5 rings (SSSR count). The van der Waals surface area contributed by atoms with E-state index in [1.165, 1.54) is 16.0 Å². The predicted octanol–water partition coefficient (Wildman–Crippen LogP) is 4.52. The summed E-state index contributed by atoms with van der Waals surface area (Å²) in [6.45, 7) is 5.29. The highest BCUT2D eigenvalue weighted by Crippen LogP contribution is 2.37. The van der Waals surface area contributed by atoms with E-state index >= 15 is 0 Å². The average Bonchev–Trinajstić information content (AvgIpc) is 3.10. The number of hydrogen-bond acceptors (Lipinski definition) is 4. The first-order chi connectivity index (χ1) is 16.0. The monoisotopic (exact) mass is 433 g/mol. The number of anilines is 1. The van der Waals surface area contributed by atoms with Gasteiger partial charge in [0.2, 0.25) is 0 Å². The Kier molecular flexibility index (Phi) is 5.07. The van der Waals surface area contributed by atoms with E-state index in [1.807, 2.05) is 49.1 Å². The molecule has 5 nitrogen and oxygen atoms in total. The van der Waals surface area contributed by atoms with Crippen LogP contribution in [-0.4, -0.2) is 23.3 Å². The van der Waals surface area contributed by atoms with E-state index in [2.05, 4.69) is 18.2 Å². The van der Waals surface area contributed by atoms with Crippen LogP contribution in [0.4, 0.5) is 5.69 Å². The van der Waals surface area contributed by atoms with Crippen LogP contribution in [0, 0.1) is 25.2 Å². The molecule has 0 saturated carbocycles. The Bertz CT molecular complexity index is 1360. The minimum atomic E-state index is -0.332. The lowest BCUT2D eigenvalue weighted by Crippen LogP contribution is -2.37. The molecule has 3 aromatic rings. The standard InChI is InChI=1S/C28H23N3O2/c1-18-7-10-22(15-19(18)2)25-26(30-14-13-21-5-3-4-6-23(21)17-30)28(33)31(27(25)32)24-11-8-20(16-29)9-12-24/h3-12,15H,13-14,17H2,1-2H3. The fourth-order valence-corrected chi connectivity index (χ4v) is 4.57. The lowest BCUT2D eigenvalue weighted by Gasteiger charge is -2.31. The maximum atomic E-state index is 13.8. The zero-order chi connectivity index (χ0) is 23.1. The van der Waals surface area contributed by atoms with Crippen molar-refractivity contribution in [3.63, 3.8) is 0 Å². The summed E-state index contributed by atoms with van der Waals surface area (Å²) in [5.74, 6) is -0.654. The number of nitriles is 1. The second kappa shape index (κ2) is 8.07. The minimum Gasteiger partial charge on any atom is -0.362 e. The normalized spacial score (nSPS) is 15.7. The number of carbonyl (C=O) groups excluding carboxylic acids is 2. The molecule has 33 heavy (non-hydrogen) atoms. The lowest BCUT2D eigenvalue weighted by molar-refractivity contribution is -0.120. The molecule has 5 heteroatoms. The molecule has 2 heterocycles. The van der Waals surface area contributed by atoms with Crippen LogP contribution >= 0.6 is 0 Å². The molecule has 162 valence electrons. The number of hydrogen-bond donors (Lipinski definition) is 0. The van der Waals surface area contributed by atoms with Crippen LogP contribution in [0.25, 0.3) is 5.57 Å². The average molecular weight is 434 g/mol. The number of carbonyl (C=O) groups is 2. The van der Waals surface area contributed by atoms with Crippen molar-refractivity contribution >= 4 is 23.1 Å². The van der Waals surface area contributed by atoms with E-state index in [0.29, 0.717) is 35.6 Å². The summed E-state index contributed by atoms with van der Waals surface area (Å²) in [4.78, 5) is 30.8. The van der Waals surface area contributed by atoms with Gasteiger partial charge in [-0.25, -0.2) is 4.90 Å². The molecule has 0 atom stereocenters. The van der Waals surface area contributed by atoms with Gasteiger partial charge in [0.05, 0.1) is 22.9 Å². The van der Waals surface area contributed by atoms with Gasteiger partial charge in [-0.2, -0.15) is 5.26 Å². The van der Waals surface area contributed by atoms with Crippen molar-refractivity contribution < 1.29 is 9.59 Å². The van der Waals surface area contributed by atoms with Crippen LogP contribution in [0.2, 0.25) is 0 Å². The maximum Gasteiger partial charge on any atom is 0.282 e. The summed E-state index contributed by atoms with van der Waals surface area (Å²) >= 11 is 0. The number of rotatable bonds is 3. The Morgan fingerprint density at radius 2 is 1.58 bits per heavy atom. The van der Waals surface area contributed by atoms with Gasteiger partial charge in [-0.3, -0.25) is 9.59 Å². The van der Waals surface area contributed by atoms with Crippen LogP contribution in [0.5, 0.6) is 0 Å². The summed E-state index contributed by atoms with van der Waals surface area (Å²) in [5.41, 5.74) is 7.24. The molecule has 2 aliphatic rings. The fraction of sp³-hybridized carbons (Fsp3) is 0.179. The molecule has 3 aromatic carbocycles. The highest BCUT2D eigenvalue weighted by Gasteiger charge is 2.43. The summed E-state index contributed by atoms with van der Waals surface area (Å²) in [5, 5.41) is 9.12. The first kappa shape index (κ1) is 20.7. The SMILES string of the molecule is Cc1ccc(C2=C(N3CCc4ccccc4C3)C(=O)N(c3ccc(C#N)cc3)C2=O)cc1C. The van der Waals surface area contributed by atoms with Crippen molar-refractivity contribution in [3.8, 4) is 6.07 Å². The third-order valence-corrected chi connectivity index (χ3v) is 6.56. The first-order valence-electron chi connectivity index (χ1n) is 11.0. The Labute approximate surface area is 193 Å². The molecule has 2 aliphatic heterocycles. The maximum absolute atomic E-state index is 13.8. The second-order valence-electron chi connectivity index (χ2n) is 8.57. The van der Waals surface area contributed by atoms with Gasteiger partial charge >= 0.3 is 0 Å². The molecular formula is C28H23N3O2. The van der Waals surface area contributed by atoms with Crippen LogP contribution in [0.1, 0.15) is 33.4 Å². The van der Waals surface area contributed by atoms with Gasteiger partial charge in [-0.1, -0.05) is 42.5 Å². The highest BCUT2D eigenvalue weighted by molar-refractivity contribution is 6.45. The fourth-order valence-electron chi connectivity index (χ4n) is 4.57. The van der Waals surface area contributed by atoms with E-state index < -0.39 is 0 Å². The van der Waals surface area contributed by atoms with Crippen molar-refractivity contribution in [2.45, 2.75) is 26.8 Å². The highest BCUT2D eigenvalue weighted by atomic mass is 16.2. The van der Waals surface area contributed by atoms with Gasteiger partial charge in [0, 0.05) is 13.1 Å². The Balaban J connectivity index is 1.63. The summed E-state index contributed by atoms with van der Waals surface area (Å²) < 4.78 is 0. The van der Waals surface area contributed by atoms with Crippen LogP contribution < -0.4 is 4.90 Å². The van der Waals surface area contributed by atoms with Crippen molar-refractivity contribution in [2.24, 2.45) is 0 Å². The topological polar surface area (TPSA) is 64.4 Å². The van der Waals surface area contributed by atoms with E-state index in [9.17, 15) is 9.59 Å². The van der Waals surface area contributed by atoms with Crippen molar-refractivity contribution in [1.29, 1.82) is 5.26 Å². The zero-order valence-corrected chi connectivity index (χ0v) is 18.6. The third-order valence-electron chi connectivity index (χ3n) is 6.56. The van der Waals surface area contributed by atoms with Crippen LogP contribution in [-0.2, 0) is 22.6 Å². The minimum absolute atomic E-state index is 0.322. The van der Waals surface area contributed by atoms with E-state index in [-0.39, 0.29) is 11.8 Å². The number of fused-ring (bicyclic) bond motifs is 1. The molecule has 0 unspecified atom stereocenters. The zero-order valence-electron chi connectivity index (χ0n) is 18.6. The number of benzene rings is 3. The van der Waals surface area contributed by atoms with Crippen molar-refractivity contribution in [3.05, 3.63) is 106 Å². The largest absolute Gasteiger partial charge is 0.362 e. The number of aryl methyl sites for hydroxylation is 2. The molecule has 0 bridgehead atoms. The lowest BCUT2D eigenvalue weighted by atomic mass is 9.96. The molecule has 0 fully saturated rings. The van der Waals surface area contributed by atoms with Gasteiger partial charge in [-0.05, 0) is 72.4 Å². The van der Waals surface area contributed by atoms with Gasteiger partial charge in [0.25, 0.3) is 11.8 Å². The van der Waals surface area contributed by atoms with Crippen LogP contribution in [0.3, 0.4) is 0 Å². The van der Waals surface area contributed by atoms with E-state index in [0.717, 1.165) is 23.1 Å². The quantitative estimate of drug-likeness (QED) is 0.570. The number of nitrogens with zero attached hydrogens (tertiary/aromatic N) is 3. The molecule has 0 aromatic heterocycles. The Morgan fingerprint density at radius 3 is 2.27 bits per heavy atom. The van der Waals surface area contributed by atoms with E-state index in [4.69, 9.17) is 5.26 Å². The van der Waals surface area contributed by atoms with Gasteiger partial charge < -0.3 is 4.90 Å². The van der Waals surface area contributed by atoms with Gasteiger partial charge in [0.15, 0.2) is 0 Å². The van der Waals surface area contributed by atoms with Crippen molar-refractivity contribution in [1.82, 2.24) is 4.90 Å². The number of amides is 2. The second-order valence-corrected chi connectivity index (χ2v) is 8.57. The first-order valence-corrected chi connectivity index (χ1v) is 11.0. The summed E-state index contributed by atoms with van der Waals surface area (Å²) in [6.07, 6.45) is 0.818. The summed E-state index contributed by atoms with van der Waals surface area (Å²) in [6, 6.07) is 22.8. The molecular weight excluding hydrogens is 410 g/mol. The smallest absolute Gasteiger partial charge is 0.282 e. The molecule has 0 aliphatic carbocycles.